The number of halogens is 5. The van der Waals surface area contributed by atoms with Gasteiger partial charge in [0.2, 0.25) is 0 Å². The van der Waals surface area contributed by atoms with E-state index in [1.807, 2.05) is 0 Å². The number of benzene rings is 3. The van der Waals surface area contributed by atoms with Crippen LogP contribution < -0.4 is 15.4 Å². The first kappa shape index (κ1) is 21.1. The summed E-state index contributed by atoms with van der Waals surface area (Å²) in [4.78, 5) is 12.1. The molecule has 0 aliphatic heterocycles. The van der Waals surface area contributed by atoms with Crippen molar-refractivity contribution in [2.24, 2.45) is 0 Å². The van der Waals surface area contributed by atoms with Crippen molar-refractivity contribution in [3.05, 3.63) is 83.2 Å². The number of nitrogens with zero attached hydrogens (tertiary/aromatic N) is 1. The van der Waals surface area contributed by atoms with Gasteiger partial charge in [-0.05, 0) is 42.0 Å². The smallest absolute Gasteiger partial charge is 0.324 e. The number of ether oxygens (including phenoxy) is 1. The molecule has 4 rings (SSSR count). The average molecular weight is 448 g/mol. The van der Waals surface area contributed by atoms with E-state index in [9.17, 15) is 26.7 Å². The van der Waals surface area contributed by atoms with E-state index >= 15 is 0 Å². The van der Waals surface area contributed by atoms with Crippen molar-refractivity contribution in [3.8, 4) is 5.75 Å². The minimum absolute atomic E-state index is 0.0817. The highest BCUT2D eigenvalue weighted by molar-refractivity contribution is 6.04. The van der Waals surface area contributed by atoms with Gasteiger partial charge in [-0.15, -0.1) is 0 Å². The number of anilines is 2. The maximum Gasteiger partial charge on any atom is 0.324 e. The van der Waals surface area contributed by atoms with Gasteiger partial charge in [-0.2, -0.15) is 5.10 Å². The molecule has 1 aromatic heterocycles. The molecule has 3 aromatic carbocycles. The molecule has 1 heterocycles. The number of hydrogen-bond acceptors (Lipinski definition) is 3. The summed E-state index contributed by atoms with van der Waals surface area (Å²) < 4.78 is 72.0. The van der Waals surface area contributed by atoms with Crippen LogP contribution in [0, 0.1) is 29.1 Å². The molecule has 0 saturated heterocycles. The number of aromatic nitrogens is 2. The zero-order valence-corrected chi connectivity index (χ0v) is 16.0. The lowest BCUT2D eigenvalue weighted by atomic mass is 10.2. The van der Waals surface area contributed by atoms with Crippen molar-refractivity contribution in [3.63, 3.8) is 0 Å². The summed E-state index contributed by atoms with van der Waals surface area (Å²) in [5, 5.41) is 11.5. The predicted octanol–water partition coefficient (Wildman–Crippen LogP) is 5.48. The van der Waals surface area contributed by atoms with Gasteiger partial charge in [-0.3, -0.25) is 10.4 Å². The maximum absolute atomic E-state index is 13.7. The predicted molar refractivity (Wildman–Crippen MR) is 106 cm³/mol. The Balaban J connectivity index is 1.44. The van der Waals surface area contributed by atoms with Crippen molar-refractivity contribution < 1.29 is 31.5 Å². The lowest BCUT2D eigenvalue weighted by Gasteiger charge is -2.08. The van der Waals surface area contributed by atoms with Crippen molar-refractivity contribution in [2.75, 3.05) is 10.6 Å². The summed E-state index contributed by atoms with van der Waals surface area (Å²) >= 11 is 0. The van der Waals surface area contributed by atoms with E-state index in [0.29, 0.717) is 28.3 Å². The first-order valence-electron chi connectivity index (χ1n) is 9.07. The van der Waals surface area contributed by atoms with Crippen LogP contribution in [0.1, 0.15) is 5.56 Å². The number of rotatable bonds is 5. The van der Waals surface area contributed by atoms with E-state index in [1.54, 1.807) is 18.2 Å². The van der Waals surface area contributed by atoms with E-state index in [0.717, 1.165) is 24.3 Å². The van der Waals surface area contributed by atoms with Crippen LogP contribution in [-0.4, -0.2) is 16.2 Å². The Labute approximate surface area is 177 Å². The Hall–Kier alpha value is -4.15. The number of carbonyl (C=O) groups excluding carboxylic acids is 1. The standard InChI is InChI=1S/C21H13F5N4O2/c22-11-5-10(6-12(23)7-11)9-32-13-1-2-14-17(8-13)29-30-20(14)28-21(31)27-16-4-3-15(24)18(25)19(16)26/h1-8H,9H2,(H3,27,28,29,30,31). The molecule has 0 saturated carbocycles. The first-order valence-corrected chi connectivity index (χ1v) is 9.07. The Morgan fingerprint density at radius 3 is 2.41 bits per heavy atom. The number of hydrogen-bond donors (Lipinski definition) is 3. The van der Waals surface area contributed by atoms with Crippen molar-refractivity contribution in [1.29, 1.82) is 0 Å². The van der Waals surface area contributed by atoms with Gasteiger partial charge in [-0.25, -0.2) is 26.7 Å². The second kappa shape index (κ2) is 8.53. The van der Waals surface area contributed by atoms with Gasteiger partial charge in [0.05, 0.1) is 11.2 Å². The second-order valence-corrected chi connectivity index (χ2v) is 6.65. The molecule has 0 radical (unpaired) electrons. The molecular weight excluding hydrogens is 435 g/mol. The summed E-state index contributed by atoms with van der Waals surface area (Å²) in [7, 11) is 0. The highest BCUT2D eigenvalue weighted by atomic mass is 19.2. The van der Waals surface area contributed by atoms with E-state index in [2.05, 4.69) is 20.8 Å². The first-order chi connectivity index (χ1) is 15.3. The molecule has 4 aromatic rings. The van der Waals surface area contributed by atoms with Crippen molar-refractivity contribution in [1.82, 2.24) is 10.2 Å². The van der Waals surface area contributed by atoms with Crippen molar-refractivity contribution in [2.45, 2.75) is 6.61 Å². The van der Waals surface area contributed by atoms with Gasteiger partial charge in [0.1, 0.15) is 24.0 Å². The lowest BCUT2D eigenvalue weighted by Crippen LogP contribution is -2.21. The van der Waals surface area contributed by atoms with Gasteiger partial charge in [0, 0.05) is 17.5 Å². The number of H-pyrrole nitrogens is 1. The number of urea groups is 1. The highest BCUT2D eigenvalue weighted by Crippen LogP contribution is 2.26. The fourth-order valence-corrected chi connectivity index (χ4v) is 2.93. The van der Waals surface area contributed by atoms with Gasteiger partial charge in [0.25, 0.3) is 0 Å². The Bertz CT molecular complexity index is 1310. The monoisotopic (exact) mass is 448 g/mol. The third-order valence-corrected chi connectivity index (χ3v) is 4.38. The molecule has 0 aliphatic carbocycles. The number of fused-ring (bicyclic) bond motifs is 1. The molecule has 11 heteroatoms. The summed E-state index contributed by atoms with van der Waals surface area (Å²) in [5.74, 6) is -5.61. The summed E-state index contributed by atoms with van der Waals surface area (Å²) in [6, 6.07) is 8.34. The molecule has 32 heavy (non-hydrogen) atoms. The van der Waals surface area contributed by atoms with E-state index in [-0.39, 0.29) is 12.4 Å². The normalized spacial score (nSPS) is 10.9. The minimum Gasteiger partial charge on any atom is -0.489 e. The summed E-state index contributed by atoms with van der Waals surface area (Å²) in [6.07, 6.45) is 0. The van der Waals surface area contributed by atoms with Crippen LogP contribution in [0.25, 0.3) is 10.9 Å². The van der Waals surface area contributed by atoms with Crippen LogP contribution in [0.5, 0.6) is 5.75 Å². The molecule has 0 fully saturated rings. The quantitative estimate of drug-likeness (QED) is 0.279. The zero-order valence-electron chi connectivity index (χ0n) is 16.0. The van der Waals surface area contributed by atoms with Gasteiger partial charge in [0.15, 0.2) is 23.3 Å². The Morgan fingerprint density at radius 1 is 0.906 bits per heavy atom. The molecule has 0 unspecified atom stereocenters. The molecule has 6 nitrogen and oxygen atoms in total. The van der Waals surface area contributed by atoms with E-state index < -0.39 is 40.8 Å². The van der Waals surface area contributed by atoms with E-state index in [4.69, 9.17) is 4.74 Å². The van der Waals surface area contributed by atoms with Crippen LogP contribution in [0.15, 0.2) is 48.5 Å². The third kappa shape index (κ3) is 4.46. The Kier molecular flexibility index (Phi) is 5.63. The topological polar surface area (TPSA) is 79.0 Å². The van der Waals surface area contributed by atoms with Crippen molar-refractivity contribution >= 4 is 28.4 Å². The molecule has 0 atom stereocenters. The van der Waals surface area contributed by atoms with Crippen LogP contribution in [0.3, 0.4) is 0 Å². The molecule has 0 spiro atoms. The summed E-state index contributed by atoms with van der Waals surface area (Å²) in [5.41, 5.74) is 0.212. The highest BCUT2D eigenvalue weighted by Gasteiger charge is 2.16. The Morgan fingerprint density at radius 2 is 1.66 bits per heavy atom. The molecule has 164 valence electrons. The number of aromatic amines is 1. The number of carbonyl (C=O) groups is 1. The van der Waals surface area contributed by atoms with E-state index in [1.165, 1.54) is 0 Å². The fourth-order valence-electron chi connectivity index (χ4n) is 2.93. The molecule has 0 bridgehead atoms. The van der Waals surface area contributed by atoms with Crippen LogP contribution in [0.2, 0.25) is 0 Å². The second-order valence-electron chi connectivity index (χ2n) is 6.65. The average Bonchev–Trinajstić information content (AvgIpc) is 3.14. The SMILES string of the molecule is O=C(Nc1ccc(F)c(F)c1F)Nc1n[nH]c2cc(OCc3cc(F)cc(F)c3)ccc12. The van der Waals surface area contributed by atoms with Crippen LogP contribution in [0.4, 0.5) is 38.3 Å². The largest absolute Gasteiger partial charge is 0.489 e. The fraction of sp³-hybridized carbons (Fsp3) is 0.0476. The van der Waals surface area contributed by atoms with Crippen LogP contribution >= 0.6 is 0 Å². The van der Waals surface area contributed by atoms with Crippen LogP contribution in [-0.2, 0) is 6.61 Å². The number of nitrogens with one attached hydrogen (secondary N) is 3. The van der Waals surface area contributed by atoms with Gasteiger partial charge >= 0.3 is 6.03 Å². The summed E-state index contributed by atoms with van der Waals surface area (Å²) in [6.45, 7) is -0.0817. The minimum atomic E-state index is -1.71. The third-order valence-electron chi connectivity index (χ3n) is 4.38. The molecule has 0 aliphatic rings. The van der Waals surface area contributed by atoms with Gasteiger partial charge in [-0.1, -0.05) is 0 Å². The molecular formula is C21H13F5N4O2. The number of amides is 2. The zero-order chi connectivity index (χ0) is 22.8. The molecule has 2 amide bonds. The lowest BCUT2D eigenvalue weighted by molar-refractivity contribution is 0.262. The van der Waals surface area contributed by atoms with Gasteiger partial charge < -0.3 is 10.1 Å². The molecule has 3 N–H and O–H groups in total. The maximum atomic E-state index is 13.7.